The van der Waals surface area contributed by atoms with E-state index in [1.54, 1.807) is 25.2 Å². The predicted octanol–water partition coefficient (Wildman–Crippen LogP) is 6.96. The smallest absolute Gasteiger partial charge is 0.182 e. The summed E-state index contributed by atoms with van der Waals surface area (Å²) in [5.74, 6) is -0.405. The summed E-state index contributed by atoms with van der Waals surface area (Å²) in [5.41, 5.74) is 2.11. The molecular formula is C26H26BrF2NO3. The van der Waals surface area contributed by atoms with E-state index in [-0.39, 0.29) is 11.3 Å². The molecule has 4 nitrogen and oxygen atoms in total. The predicted molar refractivity (Wildman–Crippen MR) is 131 cm³/mol. The molecule has 3 aromatic rings. The molecular weight excluding hydrogens is 492 g/mol. The highest BCUT2D eigenvalue weighted by atomic mass is 79.9. The average molecular weight is 518 g/mol. The van der Waals surface area contributed by atoms with Crippen molar-refractivity contribution in [2.45, 2.75) is 20.0 Å². The standard InChI is InChI=1S/C26H26BrF2NO3/c1-4-33-14-13-22-23(27)15-24(26(29)25(22)28)30(16-18-5-9-20(31-2)10-6-18)17-19-7-11-21(32-3)12-8-19/h5-15H,4,16-17H2,1-3H3. The number of nitrogens with zero attached hydrogens (tertiary/aromatic N) is 1. The third-order valence-electron chi connectivity index (χ3n) is 5.08. The van der Waals surface area contributed by atoms with Crippen molar-refractivity contribution in [2.24, 2.45) is 0 Å². The molecule has 174 valence electrons. The van der Waals surface area contributed by atoms with Crippen LogP contribution in [0.25, 0.3) is 6.08 Å². The van der Waals surface area contributed by atoms with E-state index < -0.39 is 11.6 Å². The average Bonchev–Trinajstić information content (AvgIpc) is 2.84. The summed E-state index contributed by atoms with van der Waals surface area (Å²) in [4.78, 5) is 1.79. The first-order valence-electron chi connectivity index (χ1n) is 10.4. The number of hydrogen-bond acceptors (Lipinski definition) is 4. The number of rotatable bonds is 10. The van der Waals surface area contributed by atoms with Crippen LogP contribution in [0.15, 0.2) is 65.3 Å². The summed E-state index contributed by atoms with van der Waals surface area (Å²) >= 11 is 3.39. The van der Waals surface area contributed by atoms with E-state index in [9.17, 15) is 0 Å². The highest BCUT2D eigenvalue weighted by Gasteiger charge is 2.21. The zero-order chi connectivity index (χ0) is 23.8. The lowest BCUT2D eigenvalue weighted by atomic mass is 10.1. The summed E-state index contributed by atoms with van der Waals surface area (Å²) in [6, 6.07) is 16.6. The summed E-state index contributed by atoms with van der Waals surface area (Å²) in [5, 5.41) is 0. The van der Waals surface area contributed by atoms with Crippen molar-refractivity contribution < 1.29 is 23.0 Å². The van der Waals surface area contributed by atoms with Crippen molar-refractivity contribution in [1.29, 1.82) is 0 Å². The van der Waals surface area contributed by atoms with E-state index in [0.29, 0.717) is 24.2 Å². The molecule has 0 amide bonds. The van der Waals surface area contributed by atoms with Gasteiger partial charge in [-0.1, -0.05) is 24.3 Å². The molecule has 0 spiro atoms. The van der Waals surface area contributed by atoms with Gasteiger partial charge in [0, 0.05) is 23.1 Å². The Labute approximate surface area is 201 Å². The molecule has 0 aliphatic heterocycles. The van der Waals surface area contributed by atoms with E-state index >= 15 is 8.78 Å². The number of methoxy groups -OCH3 is 2. The molecule has 0 heterocycles. The largest absolute Gasteiger partial charge is 0.501 e. The third-order valence-corrected chi connectivity index (χ3v) is 5.73. The molecule has 33 heavy (non-hydrogen) atoms. The fourth-order valence-electron chi connectivity index (χ4n) is 3.32. The van der Waals surface area contributed by atoms with Crippen LogP contribution >= 0.6 is 15.9 Å². The van der Waals surface area contributed by atoms with E-state index in [4.69, 9.17) is 14.2 Å². The second-order valence-corrected chi connectivity index (χ2v) is 8.08. The SMILES string of the molecule is CCOC=Cc1c(Br)cc(N(Cc2ccc(OC)cc2)Cc2ccc(OC)cc2)c(F)c1F. The van der Waals surface area contributed by atoms with Crippen LogP contribution in [-0.4, -0.2) is 20.8 Å². The molecule has 0 aliphatic carbocycles. The first-order chi connectivity index (χ1) is 16.0. The summed E-state index contributed by atoms with van der Waals surface area (Å²) in [7, 11) is 3.20. The number of benzene rings is 3. The molecule has 0 aliphatic rings. The summed E-state index contributed by atoms with van der Waals surface area (Å²) in [6.07, 6.45) is 2.77. The van der Waals surface area contributed by atoms with Crippen LogP contribution in [0.1, 0.15) is 23.6 Å². The fraction of sp³-hybridized carbons (Fsp3) is 0.231. The fourth-order valence-corrected chi connectivity index (χ4v) is 3.84. The Morgan fingerprint density at radius 1 is 0.848 bits per heavy atom. The Morgan fingerprint density at radius 3 is 1.82 bits per heavy atom. The first-order valence-corrected chi connectivity index (χ1v) is 11.2. The molecule has 0 saturated heterocycles. The van der Waals surface area contributed by atoms with Crippen LogP contribution in [0.5, 0.6) is 11.5 Å². The van der Waals surface area contributed by atoms with E-state index in [2.05, 4.69) is 15.9 Å². The Kier molecular flexibility index (Phi) is 8.72. The molecule has 3 rings (SSSR count). The van der Waals surface area contributed by atoms with Gasteiger partial charge in [-0.05, 0) is 70.4 Å². The van der Waals surface area contributed by atoms with Crippen molar-refractivity contribution in [3.8, 4) is 11.5 Å². The second kappa shape index (κ2) is 11.7. The minimum Gasteiger partial charge on any atom is -0.501 e. The molecule has 0 unspecified atom stereocenters. The minimum absolute atomic E-state index is 0.0959. The number of anilines is 1. The minimum atomic E-state index is -0.940. The Hall–Kier alpha value is -3.06. The van der Waals surface area contributed by atoms with Crippen molar-refractivity contribution in [3.63, 3.8) is 0 Å². The van der Waals surface area contributed by atoms with Gasteiger partial charge in [-0.25, -0.2) is 8.78 Å². The van der Waals surface area contributed by atoms with Gasteiger partial charge in [0.05, 0.1) is 32.8 Å². The first kappa shape index (κ1) is 24.6. The lowest BCUT2D eigenvalue weighted by Crippen LogP contribution is -2.24. The maximum Gasteiger partial charge on any atom is 0.182 e. The number of hydrogen-bond donors (Lipinski definition) is 0. The van der Waals surface area contributed by atoms with Gasteiger partial charge >= 0.3 is 0 Å². The number of ether oxygens (including phenoxy) is 3. The van der Waals surface area contributed by atoms with Gasteiger partial charge in [0.15, 0.2) is 11.6 Å². The second-order valence-electron chi connectivity index (χ2n) is 7.23. The molecule has 0 aromatic heterocycles. The van der Waals surface area contributed by atoms with Crippen LogP contribution < -0.4 is 14.4 Å². The Balaban J connectivity index is 1.99. The highest BCUT2D eigenvalue weighted by Crippen LogP contribution is 2.33. The van der Waals surface area contributed by atoms with Gasteiger partial charge in [-0.3, -0.25) is 0 Å². The molecule has 0 atom stereocenters. The monoisotopic (exact) mass is 517 g/mol. The highest BCUT2D eigenvalue weighted by molar-refractivity contribution is 9.10. The molecule has 0 radical (unpaired) electrons. The molecule has 0 fully saturated rings. The van der Waals surface area contributed by atoms with Crippen molar-refractivity contribution in [2.75, 3.05) is 25.7 Å². The lowest BCUT2D eigenvalue weighted by molar-refractivity contribution is 0.272. The molecule has 3 aromatic carbocycles. The van der Waals surface area contributed by atoms with Crippen LogP contribution in [0.2, 0.25) is 0 Å². The van der Waals surface area contributed by atoms with E-state index in [0.717, 1.165) is 22.6 Å². The molecule has 0 N–H and O–H groups in total. The van der Waals surface area contributed by atoms with Crippen LogP contribution in [-0.2, 0) is 17.8 Å². The molecule has 7 heteroatoms. The maximum atomic E-state index is 15.3. The van der Waals surface area contributed by atoms with Gasteiger partial charge in [0.1, 0.15) is 11.5 Å². The van der Waals surface area contributed by atoms with Crippen LogP contribution in [0, 0.1) is 11.6 Å². The van der Waals surface area contributed by atoms with E-state index in [1.807, 2.05) is 55.5 Å². The zero-order valence-corrected chi connectivity index (χ0v) is 20.4. The normalized spacial score (nSPS) is 11.0. The van der Waals surface area contributed by atoms with Gasteiger partial charge in [0.25, 0.3) is 0 Å². The lowest BCUT2D eigenvalue weighted by Gasteiger charge is -2.27. The third kappa shape index (κ3) is 6.26. The quantitative estimate of drug-likeness (QED) is 0.215. The van der Waals surface area contributed by atoms with Crippen LogP contribution in [0.4, 0.5) is 14.5 Å². The van der Waals surface area contributed by atoms with Gasteiger partial charge < -0.3 is 19.1 Å². The summed E-state index contributed by atoms with van der Waals surface area (Å²) in [6.45, 7) is 2.99. The van der Waals surface area contributed by atoms with Gasteiger partial charge in [-0.2, -0.15) is 0 Å². The maximum absolute atomic E-state index is 15.3. The van der Waals surface area contributed by atoms with Gasteiger partial charge in [0.2, 0.25) is 0 Å². The molecule has 0 bridgehead atoms. The molecule has 0 saturated carbocycles. The Morgan fingerprint density at radius 2 is 1.36 bits per heavy atom. The van der Waals surface area contributed by atoms with Crippen molar-refractivity contribution in [3.05, 3.63) is 93.7 Å². The topological polar surface area (TPSA) is 30.9 Å². The van der Waals surface area contributed by atoms with Gasteiger partial charge in [-0.15, -0.1) is 0 Å². The summed E-state index contributed by atoms with van der Waals surface area (Å²) < 4.78 is 46.3. The van der Waals surface area contributed by atoms with Crippen molar-refractivity contribution in [1.82, 2.24) is 0 Å². The number of halogens is 3. The Bertz CT molecular complexity index is 1040. The van der Waals surface area contributed by atoms with Crippen LogP contribution in [0.3, 0.4) is 0 Å². The van der Waals surface area contributed by atoms with E-state index in [1.165, 1.54) is 12.3 Å². The zero-order valence-electron chi connectivity index (χ0n) is 18.8. The van der Waals surface area contributed by atoms with Crippen molar-refractivity contribution >= 4 is 27.7 Å².